The largest absolute Gasteiger partial charge is 0.497 e. The fourth-order valence-electron chi connectivity index (χ4n) is 3.27. The lowest BCUT2D eigenvalue weighted by Gasteiger charge is -2.25. The van der Waals surface area contributed by atoms with E-state index in [0.717, 1.165) is 42.9 Å². The van der Waals surface area contributed by atoms with Gasteiger partial charge in [0.15, 0.2) is 0 Å². The summed E-state index contributed by atoms with van der Waals surface area (Å²) in [5.41, 5.74) is 2.15. The summed E-state index contributed by atoms with van der Waals surface area (Å²) in [4.78, 5) is 18.6. The van der Waals surface area contributed by atoms with Gasteiger partial charge in [0.2, 0.25) is 5.91 Å². The Labute approximate surface area is 149 Å². The van der Waals surface area contributed by atoms with E-state index >= 15 is 0 Å². The Morgan fingerprint density at radius 3 is 3.00 bits per heavy atom. The average molecular weight is 339 g/mol. The molecule has 0 spiro atoms. The minimum atomic E-state index is 0.248. The van der Waals surface area contributed by atoms with E-state index in [0.29, 0.717) is 19.0 Å². The van der Waals surface area contributed by atoms with E-state index in [1.54, 1.807) is 7.11 Å². The van der Waals surface area contributed by atoms with Crippen molar-refractivity contribution < 1.29 is 9.53 Å². The van der Waals surface area contributed by atoms with E-state index in [9.17, 15) is 4.79 Å². The average Bonchev–Trinajstić information content (AvgIpc) is 3.00. The molecule has 1 fully saturated rings. The summed E-state index contributed by atoms with van der Waals surface area (Å²) >= 11 is 0. The van der Waals surface area contributed by atoms with Crippen LogP contribution in [0.1, 0.15) is 30.5 Å². The summed E-state index contributed by atoms with van der Waals surface area (Å²) in [6, 6.07) is 14.2. The number of carbonyl (C=O) groups excluding carboxylic acids is 1. The molecule has 5 heteroatoms. The number of rotatable bonds is 8. The van der Waals surface area contributed by atoms with Crippen LogP contribution in [-0.4, -0.2) is 35.5 Å². The molecule has 3 rings (SSSR count). The van der Waals surface area contributed by atoms with Crippen molar-refractivity contribution in [1.29, 1.82) is 0 Å². The quantitative estimate of drug-likeness (QED) is 0.752. The van der Waals surface area contributed by atoms with Crippen molar-refractivity contribution in [2.24, 2.45) is 0 Å². The summed E-state index contributed by atoms with van der Waals surface area (Å²) in [5.74, 6) is 1.08. The van der Waals surface area contributed by atoms with Gasteiger partial charge >= 0.3 is 0 Å². The summed E-state index contributed by atoms with van der Waals surface area (Å²) in [6.45, 7) is 2.29. The van der Waals surface area contributed by atoms with Crippen molar-refractivity contribution in [2.45, 2.75) is 38.4 Å². The zero-order chi connectivity index (χ0) is 17.5. The monoisotopic (exact) mass is 339 g/mol. The number of hydrogen-bond acceptors (Lipinski definition) is 4. The first-order chi connectivity index (χ1) is 12.3. The Balaban J connectivity index is 1.51. The SMILES string of the molecule is COc1cccc(CN2C(=O)CCC2CCNCc2ccccn2)c1. The molecule has 0 saturated carbocycles. The molecule has 1 aromatic heterocycles. The third kappa shape index (κ3) is 4.79. The van der Waals surface area contributed by atoms with Crippen LogP contribution in [0.3, 0.4) is 0 Å². The number of methoxy groups -OCH3 is 1. The molecule has 1 amide bonds. The van der Waals surface area contributed by atoms with E-state index in [1.807, 2.05) is 53.6 Å². The maximum absolute atomic E-state index is 12.3. The number of ether oxygens (including phenoxy) is 1. The van der Waals surface area contributed by atoms with Crippen molar-refractivity contribution in [1.82, 2.24) is 15.2 Å². The lowest BCUT2D eigenvalue weighted by molar-refractivity contribution is -0.129. The van der Waals surface area contributed by atoms with Crippen LogP contribution in [0.5, 0.6) is 5.75 Å². The van der Waals surface area contributed by atoms with Gasteiger partial charge in [0.05, 0.1) is 12.8 Å². The van der Waals surface area contributed by atoms with Crippen LogP contribution < -0.4 is 10.1 Å². The predicted octanol–water partition coefficient (Wildman–Crippen LogP) is 2.76. The zero-order valence-electron chi connectivity index (χ0n) is 14.6. The Morgan fingerprint density at radius 1 is 1.28 bits per heavy atom. The summed E-state index contributed by atoms with van der Waals surface area (Å²) < 4.78 is 5.28. The molecule has 5 nitrogen and oxygen atoms in total. The second-order valence-electron chi connectivity index (χ2n) is 6.35. The minimum Gasteiger partial charge on any atom is -0.497 e. The van der Waals surface area contributed by atoms with Crippen LogP contribution in [0.4, 0.5) is 0 Å². The number of pyridine rings is 1. The smallest absolute Gasteiger partial charge is 0.223 e. The highest BCUT2D eigenvalue weighted by atomic mass is 16.5. The van der Waals surface area contributed by atoms with Gasteiger partial charge in [-0.1, -0.05) is 18.2 Å². The first kappa shape index (κ1) is 17.4. The van der Waals surface area contributed by atoms with Gasteiger partial charge in [0.25, 0.3) is 0 Å². The van der Waals surface area contributed by atoms with E-state index in [-0.39, 0.29) is 5.91 Å². The van der Waals surface area contributed by atoms with Crippen LogP contribution in [0.2, 0.25) is 0 Å². The van der Waals surface area contributed by atoms with E-state index in [2.05, 4.69) is 10.3 Å². The van der Waals surface area contributed by atoms with Gasteiger partial charge in [-0.05, 0) is 49.2 Å². The molecule has 0 bridgehead atoms. The van der Waals surface area contributed by atoms with Crippen molar-refractivity contribution in [3.63, 3.8) is 0 Å². The van der Waals surface area contributed by atoms with Gasteiger partial charge in [-0.3, -0.25) is 9.78 Å². The first-order valence-electron chi connectivity index (χ1n) is 8.79. The van der Waals surface area contributed by atoms with Gasteiger partial charge in [-0.2, -0.15) is 0 Å². The normalized spacial score (nSPS) is 17.1. The van der Waals surface area contributed by atoms with Crippen molar-refractivity contribution >= 4 is 5.91 Å². The Kier molecular flexibility index (Phi) is 6.01. The molecule has 1 aliphatic rings. The van der Waals surface area contributed by atoms with Gasteiger partial charge in [0, 0.05) is 31.7 Å². The van der Waals surface area contributed by atoms with Crippen molar-refractivity contribution in [3.05, 3.63) is 59.9 Å². The van der Waals surface area contributed by atoms with Gasteiger partial charge < -0.3 is 15.0 Å². The number of aromatic nitrogens is 1. The number of nitrogens with zero attached hydrogens (tertiary/aromatic N) is 2. The maximum Gasteiger partial charge on any atom is 0.223 e. The summed E-state index contributed by atoms with van der Waals surface area (Å²) in [6.07, 6.45) is 4.36. The number of carbonyl (C=O) groups is 1. The molecule has 1 saturated heterocycles. The fourth-order valence-corrected chi connectivity index (χ4v) is 3.27. The highest BCUT2D eigenvalue weighted by Gasteiger charge is 2.30. The molecule has 2 aromatic rings. The molecule has 132 valence electrons. The molecule has 1 aromatic carbocycles. The molecule has 25 heavy (non-hydrogen) atoms. The molecule has 1 N–H and O–H groups in total. The highest BCUT2D eigenvalue weighted by molar-refractivity contribution is 5.78. The standard InChI is InChI=1S/C20H25N3O2/c1-25-19-7-4-5-16(13-19)15-23-18(8-9-20(23)24)10-12-21-14-17-6-2-3-11-22-17/h2-7,11,13,18,21H,8-10,12,14-15H2,1H3. The highest BCUT2D eigenvalue weighted by Crippen LogP contribution is 2.24. The fraction of sp³-hybridized carbons (Fsp3) is 0.400. The van der Waals surface area contributed by atoms with Crippen LogP contribution in [0.25, 0.3) is 0 Å². The number of likely N-dealkylation sites (tertiary alicyclic amines) is 1. The molecule has 1 atom stereocenters. The lowest BCUT2D eigenvalue weighted by atomic mass is 10.1. The lowest BCUT2D eigenvalue weighted by Crippen LogP contribution is -2.34. The number of amides is 1. The third-order valence-electron chi connectivity index (χ3n) is 4.63. The molecule has 0 radical (unpaired) electrons. The Bertz CT molecular complexity index is 690. The number of nitrogens with one attached hydrogen (secondary N) is 1. The number of hydrogen-bond donors (Lipinski definition) is 1. The zero-order valence-corrected chi connectivity index (χ0v) is 14.6. The summed E-state index contributed by atoms with van der Waals surface area (Å²) in [5, 5.41) is 3.43. The van der Waals surface area contributed by atoms with Crippen molar-refractivity contribution in [2.75, 3.05) is 13.7 Å². The molecular formula is C20H25N3O2. The van der Waals surface area contributed by atoms with Crippen LogP contribution in [0, 0.1) is 0 Å². The summed E-state index contributed by atoms with van der Waals surface area (Å²) in [7, 11) is 1.66. The molecule has 1 aliphatic heterocycles. The van der Waals surface area contributed by atoms with Gasteiger partial charge in [0.1, 0.15) is 5.75 Å². The van der Waals surface area contributed by atoms with Crippen molar-refractivity contribution in [3.8, 4) is 5.75 Å². The van der Waals surface area contributed by atoms with E-state index < -0.39 is 0 Å². The predicted molar refractivity (Wildman–Crippen MR) is 97.1 cm³/mol. The minimum absolute atomic E-state index is 0.248. The van der Waals surface area contributed by atoms with Crippen LogP contribution in [-0.2, 0) is 17.9 Å². The Hall–Kier alpha value is -2.40. The second-order valence-corrected chi connectivity index (χ2v) is 6.35. The maximum atomic E-state index is 12.3. The molecular weight excluding hydrogens is 314 g/mol. The second kappa shape index (κ2) is 8.62. The van der Waals surface area contributed by atoms with Gasteiger partial charge in [-0.25, -0.2) is 0 Å². The van der Waals surface area contributed by atoms with E-state index in [4.69, 9.17) is 4.74 Å². The van der Waals surface area contributed by atoms with Gasteiger partial charge in [-0.15, -0.1) is 0 Å². The first-order valence-corrected chi connectivity index (χ1v) is 8.79. The Morgan fingerprint density at radius 2 is 2.20 bits per heavy atom. The topological polar surface area (TPSA) is 54.5 Å². The van der Waals surface area contributed by atoms with Crippen LogP contribution >= 0.6 is 0 Å². The van der Waals surface area contributed by atoms with E-state index in [1.165, 1.54) is 0 Å². The number of benzene rings is 1. The molecule has 1 unspecified atom stereocenters. The molecule has 2 heterocycles. The van der Waals surface area contributed by atoms with Crippen LogP contribution in [0.15, 0.2) is 48.7 Å². The molecule has 0 aliphatic carbocycles. The third-order valence-corrected chi connectivity index (χ3v) is 4.63.